The topological polar surface area (TPSA) is 75.1 Å². The quantitative estimate of drug-likeness (QED) is 0.532. The van der Waals surface area contributed by atoms with E-state index in [0.717, 1.165) is 34.6 Å². The van der Waals surface area contributed by atoms with Gasteiger partial charge < -0.3 is 24.7 Å². The van der Waals surface area contributed by atoms with Crippen LogP contribution in [0.15, 0.2) is 48.7 Å². The molecule has 1 fully saturated rings. The zero-order valence-corrected chi connectivity index (χ0v) is 21.5. The zero-order valence-electron chi connectivity index (χ0n) is 21.5. The molecule has 7 heteroatoms. The van der Waals surface area contributed by atoms with Gasteiger partial charge in [0.05, 0.1) is 11.6 Å². The van der Waals surface area contributed by atoms with Crippen LogP contribution in [-0.2, 0) is 4.79 Å². The molecule has 1 aromatic carbocycles. The summed E-state index contributed by atoms with van der Waals surface area (Å²) >= 11 is 0. The minimum atomic E-state index is -0.284. The Hall–Kier alpha value is -3.48. The number of ether oxygens (including phenoxy) is 1. The SMILES string of the molecule is Cc1c(C(=O)NCC2C(=O)NC(C)CC2C)cc2cccn2c1C(C)Oc1ccc(N(C)C)cc1. The summed E-state index contributed by atoms with van der Waals surface area (Å²) < 4.78 is 8.37. The Labute approximate surface area is 207 Å². The first-order valence-corrected chi connectivity index (χ1v) is 12.3. The number of nitrogens with one attached hydrogen (secondary N) is 2. The van der Waals surface area contributed by atoms with E-state index in [0.29, 0.717) is 12.1 Å². The van der Waals surface area contributed by atoms with Crippen molar-refractivity contribution in [1.29, 1.82) is 0 Å². The minimum Gasteiger partial charge on any atom is -0.484 e. The van der Waals surface area contributed by atoms with Crippen LogP contribution in [-0.4, -0.2) is 42.9 Å². The van der Waals surface area contributed by atoms with Gasteiger partial charge in [0, 0.05) is 49.6 Å². The maximum absolute atomic E-state index is 13.3. The molecular weight excluding hydrogens is 440 g/mol. The molecule has 0 aliphatic carbocycles. The Balaban J connectivity index is 1.56. The second-order valence-electron chi connectivity index (χ2n) is 9.96. The van der Waals surface area contributed by atoms with E-state index < -0.39 is 0 Å². The molecule has 2 aromatic heterocycles. The van der Waals surface area contributed by atoms with Crippen molar-refractivity contribution in [1.82, 2.24) is 15.0 Å². The predicted molar refractivity (Wildman–Crippen MR) is 139 cm³/mol. The molecule has 2 N–H and O–H groups in total. The van der Waals surface area contributed by atoms with Crippen molar-refractivity contribution in [3.8, 4) is 5.75 Å². The number of nitrogens with zero attached hydrogens (tertiary/aromatic N) is 2. The fourth-order valence-electron chi connectivity index (χ4n) is 5.11. The number of benzene rings is 1. The lowest BCUT2D eigenvalue weighted by Gasteiger charge is -2.32. The first-order chi connectivity index (χ1) is 16.7. The molecule has 1 aliphatic rings. The van der Waals surface area contributed by atoms with Crippen molar-refractivity contribution in [2.24, 2.45) is 11.8 Å². The van der Waals surface area contributed by atoms with Crippen molar-refractivity contribution in [2.75, 3.05) is 25.5 Å². The number of carbonyl (C=O) groups is 2. The van der Waals surface area contributed by atoms with E-state index in [1.54, 1.807) is 0 Å². The van der Waals surface area contributed by atoms with Gasteiger partial charge in [-0.25, -0.2) is 0 Å². The van der Waals surface area contributed by atoms with Crippen LogP contribution in [0.3, 0.4) is 0 Å². The van der Waals surface area contributed by atoms with Crippen LogP contribution in [0.1, 0.15) is 54.9 Å². The number of pyridine rings is 1. The van der Waals surface area contributed by atoms with Gasteiger partial charge in [-0.1, -0.05) is 6.92 Å². The number of amides is 2. The summed E-state index contributed by atoms with van der Waals surface area (Å²) in [5.41, 5.74) is 4.40. The van der Waals surface area contributed by atoms with Crippen molar-refractivity contribution < 1.29 is 14.3 Å². The highest BCUT2D eigenvalue weighted by molar-refractivity contribution is 5.97. The Morgan fingerprint density at radius 2 is 1.94 bits per heavy atom. The highest BCUT2D eigenvalue weighted by atomic mass is 16.5. The van der Waals surface area contributed by atoms with E-state index in [1.807, 2.05) is 88.4 Å². The number of hydrogen-bond donors (Lipinski definition) is 2. The van der Waals surface area contributed by atoms with Crippen LogP contribution < -0.4 is 20.3 Å². The highest BCUT2D eigenvalue weighted by Crippen LogP contribution is 2.29. The number of rotatable bonds is 7. The number of carbonyl (C=O) groups excluding carboxylic acids is 2. The Morgan fingerprint density at radius 3 is 2.60 bits per heavy atom. The maximum Gasteiger partial charge on any atom is 0.251 e. The largest absolute Gasteiger partial charge is 0.484 e. The first-order valence-electron chi connectivity index (χ1n) is 12.3. The van der Waals surface area contributed by atoms with Gasteiger partial charge in [0.15, 0.2) is 0 Å². The average Bonchev–Trinajstić information content (AvgIpc) is 3.26. The van der Waals surface area contributed by atoms with Crippen LogP contribution in [0.25, 0.3) is 5.52 Å². The molecule has 4 rings (SSSR count). The summed E-state index contributed by atoms with van der Waals surface area (Å²) in [4.78, 5) is 27.8. The molecule has 4 atom stereocenters. The fourth-order valence-corrected chi connectivity index (χ4v) is 5.11. The van der Waals surface area contributed by atoms with Gasteiger partial charge in [-0.3, -0.25) is 9.59 Å². The summed E-state index contributed by atoms with van der Waals surface area (Å²) in [7, 11) is 4.01. The molecule has 1 aliphatic heterocycles. The third-order valence-electron chi connectivity index (χ3n) is 7.04. The van der Waals surface area contributed by atoms with E-state index in [1.165, 1.54) is 0 Å². The second kappa shape index (κ2) is 10.0. The lowest BCUT2D eigenvalue weighted by atomic mass is 9.84. The fraction of sp³-hybridized carbons (Fsp3) is 0.429. The van der Waals surface area contributed by atoms with Crippen LogP contribution in [0.5, 0.6) is 5.75 Å². The number of hydrogen-bond acceptors (Lipinski definition) is 4. The van der Waals surface area contributed by atoms with Gasteiger partial charge >= 0.3 is 0 Å². The summed E-state index contributed by atoms with van der Waals surface area (Å²) in [6.07, 6.45) is 2.62. The molecule has 0 spiro atoms. The van der Waals surface area contributed by atoms with E-state index >= 15 is 0 Å². The number of fused-ring (bicyclic) bond motifs is 1. The molecule has 2 amide bonds. The zero-order chi connectivity index (χ0) is 25.3. The van der Waals surface area contributed by atoms with Gasteiger partial charge in [-0.2, -0.15) is 0 Å². The minimum absolute atomic E-state index is 0.0123. The van der Waals surface area contributed by atoms with Crippen LogP contribution >= 0.6 is 0 Å². The Bertz CT molecular complexity index is 1210. The van der Waals surface area contributed by atoms with Gasteiger partial charge in [0.1, 0.15) is 11.9 Å². The summed E-state index contributed by atoms with van der Waals surface area (Å²) in [6, 6.07) is 14.0. The second-order valence-corrected chi connectivity index (χ2v) is 9.96. The summed E-state index contributed by atoms with van der Waals surface area (Å²) in [6.45, 7) is 8.37. The van der Waals surface area contributed by atoms with Crippen LogP contribution in [0.4, 0.5) is 5.69 Å². The number of anilines is 1. The standard InChI is InChI=1S/C28H36N4O3/c1-17-14-18(2)30-28(34)25(17)16-29-27(33)24-15-22-8-7-13-32(22)26(19(24)3)20(4)35-23-11-9-21(10-12-23)31(5)6/h7-13,15,17-18,20,25H,14,16H2,1-6H3,(H,29,33)(H,30,34). The molecule has 3 heterocycles. The first kappa shape index (κ1) is 24.6. The smallest absolute Gasteiger partial charge is 0.251 e. The third-order valence-corrected chi connectivity index (χ3v) is 7.04. The van der Waals surface area contributed by atoms with Crippen LogP contribution in [0, 0.1) is 18.8 Å². The van der Waals surface area contributed by atoms with E-state index in [-0.39, 0.29) is 35.8 Å². The number of aromatic nitrogens is 1. The molecule has 3 aromatic rings. The molecule has 4 unspecified atom stereocenters. The Kier molecular flexibility index (Phi) is 7.05. The average molecular weight is 477 g/mol. The lowest BCUT2D eigenvalue weighted by molar-refractivity contribution is -0.129. The van der Waals surface area contributed by atoms with Crippen molar-refractivity contribution in [2.45, 2.75) is 46.3 Å². The molecule has 1 saturated heterocycles. The summed E-state index contributed by atoms with van der Waals surface area (Å²) in [5.74, 6) is 0.603. The molecule has 0 bridgehead atoms. The van der Waals surface area contributed by atoms with Crippen molar-refractivity contribution in [3.05, 3.63) is 65.5 Å². The molecule has 0 radical (unpaired) electrons. The summed E-state index contributed by atoms with van der Waals surface area (Å²) in [5, 5.41) is 6.02. The monoisotopic (exact) mass is 476 g/mol. The van der Waals surface area contributed by atoms with Gasteiger partial charge in [0.2, 0.25) is 5.91 Å². The molecule has 35 heavy (non-hydrogen) atoms. The van der Waals surface area contributed by atoms with E-state index in [9.17, 15) is 9.59 Å². The van der Waals surface area contributed by atoms with Crippen molar-refractivity contribution in [3.63, 3.8) is 0 Å². The van der Waals surface area contributed by atoms with Gasteiger partial charge in [0.25, 0.3) is 5.91 Å². The normalized spacial score (nSPS) is 20.9. The molecule has 186 valence electrons. The molecule has 7 nitrogen and oxygen atoms in total. The van der Waals surface area contributed by atoms with E-state index in [4.69, 9.17) is 4.74 Å². The van der Waals surface area contributed by atoms with Gasteiger partial charge in [-0.05, 0) is 81.1 Å². The van der Waals surface area contributed by atoms with E-state index in [2.05, 4.69) is 22.0 Å². The predicted octanol–water partition coefficient (Wildman–Crippen LogP) is 4.34. The highest BCUT2D eigenvalue weighted by Gasteiger charge is 2.32. The van der Waals surface area contributed by atoms with Crippen molar-refractivity contribution >= 4 is 23.0 Å². The Morgan fingerprint density at radius 1 is 1.23 bits per heavy atom. The maximum atomic E-state index is 13.3. The third kappa shape index (κ3) is 5.14. The lowest BCUT2D eigenvalue weighted by Crippen LogP contribution is -2.50. The molecule has 0 saturated carbocycles. The molecular formula is C28H36N4O3. The van der Waals surface area contributed by atoms with Gasteiger partial charge in [-0.15, -0.1) is 0 Å². The number of piperidine rings is 1. The van der Waals surface area contributed by atoms with Crippen LogP contribution in [0.2, 0.25) is 0 Å².